The number of aromatic nitrogens is 3. The molecular weight excluding hydrogens is 331 g/mol. The Labute approximate surface area is 151 Å². The van der Waals surface area contributed by atoms with Gasteiger partial charge in [-0.15, -0.1) is 5.10 Å². The second kappa shape index (κ2) is 7.91. The van der Waals surface area contributed by atoms with Crippen LogP contribution < -0.4 is 5.32 Å². The van der Waals surface area contributed by atoms with Crippen molar-refractivity contribution in [2.45, 2.75) is 32.9 Å². The van der Waals surface area contributed by atoms with Gasteiger partial charge >= 0.3 is 0 Å². The van der Waals surface area contributed by atoms with Gasteiger partial charge in [0, 0.05) is 0 Å². The summed E-state index contributed by atoms with van der Waals surface area (Å²) in [6.07, 6.45) is 2.33. The number of benzene rings is 2. The lowest BCUT2D eigenvalue weighted by atomic mass is 10.0. The van der Waals surface area contributed by atoms with Gasteiger partial charge in [0.1, 0.15) is 5.82 Å². The standard InChI is InChI=1S/C20H21FN4O/c1-3-18(15-8-10-17(21)11-9-15)22-20(26)19-13-25(24-23-19)12-16-7-5-4-6-14(16)2/h4-11,13,18H,3,12H2,1-2H3,(H,22,26). The molecule has 26 heavy (non-hydrogen) atoms. The molecule has 1 N–H and O–H groups in total. The molecule has 0 aliphatic heterocycles. The summed E-state index contributed by atoms with van der Waals surface area (Å²) in [7, 11) is 0. The lowest BCUT2D eigenvalue weighted by Gasteiger charge is -2.16. The summed E-state index contributed by atoms with van der Waals surface area (Å²) in [5.74, 6) is -0.591. The van der Waals surface area contributed by atoms with Crippen molar-refractivity contribution in [1.82, 2.24) is 20.3 Å². The van der Waals surface area contributed by atoms with Gasteiger partial charge in [-0.3, -0.25) is 4.79 Å². The maximum absolute atomic E-state index is 13.1. The molecule has 1 unspecified atom stereocenters. The highest BCUT2D eigenvalue weighted by Gasteiger charge is 2.17. The number of hydrogen-bond acceptors (Lipinski definition) is 3. The lowest BCUT2D eigenvalue weighted by molar-refractivity contribution is 0.0930. The van der Waals surface area contributed by atoms with Crippen molar-refractivity contribution in [3.8, 4) is 0 Å². The fraction of sp³-hybridized carbons (Fsp3) is 0.250. The van der Waals surface area contributed by atoms with Gasteiger partial charge < -0.3 is 5.32 Å². The van der Waals surface area contributed by atoms with Crippen molar-refractivity contribution in [1.29, 1.82) is 0 Å². The second-order valence-corrected chi connectivity index (χ2v) is 6.21. The molecule has 1 aromatic heterocycles. The van der Waals surface area contributed by atoms with Crippen molar-refractivity contribution >= 4 is 5.91 Å². The van der Waals surface area contributed by atoms with Gasteiger partial charge in [0.05, 0.1) is 18.8 Å². The first-order valence-corrected chi connectivity index (χ1v) is 8.57. The van der Waals surface area contributed by atoms with Crippen LogP contribution in [0.4, 0.5) is 4.39 Å². The maximum Gasteiger partial charge on any atom is 0.273 e. The summed E-state index contributed by atoms with van der Waals surface area (Å²) in [5, 5.41) is 11.0. The molecule has 0 bridgehead atoms. The Balaban J connectivity index is 1.69. The summed E-state index contributed by atoms with van der Waals surface area (Å²) in [4.78, 5) is 12.5. The van der Waals surface area contributed by atoms with Gasteiger partial charge in [-0.2, -0.15) is 0 Å². The highest BCUT2D eigenvalue weighted by Crippen LogP contribution is 2.17. The van der Waals surface area contributed by atoms with Crippen molar-refractivity contribution in [3.05, 3.63) is 82.9 Å². The molecule has 3 rings (SSSR count). The Morgan fingerprint density at radius 3 is 2.62 bits per heavy atom. The Morgan fingerprint density at radius 2 is 1.92 bits per heavy atom. The molecule has 5 nitrogen and oxygen atoms in total. The summed E-state index contributed by atoms with van der Waals surface area (Å²) in [6.45, 7) is 4.56. The molecule has 0 aliphatic rings. The third-order valence-electron chi connectivity index (χ3n) is 4.35. The number of carbonyl (C=O) groups is 1. The fourth-order valence-electron chi connectivity index (χ4n) is 2.79. The molecule has 1 heterocycles. The zero-order valence-corrected chi connectivity index (χ0v) is 14.8. The summed E-state index contributed by atoms with van der Waals surface area (Å²) in [5.41, 5.74) is 3.41. The molecule has 1 atom stereocenters. The van der Waals surface area contributed by atoms with E-state index >= 15 is 0 Å². The van der Waals surface area contributed by atoms with E-state index in [0.717, 1.165) is 16.7 Å². The van der Waals surface area contributed by atoms with Crippen LogP contribution in [0.25, 0.3) is 0 Å². The minimum absolute atomic E-state index is 0.204. The average Bonchev–Trinajstić information content (AvgIpc) is 3.11. The molecule has 3 aromatic rings. The quantitative estimate of drug-likeness (QED) is 0.736. The van der Waals surface area contributed by atoms with Crippen molar-refractivity contribution in [2.75, 3.05) is 0 Å². The lowest BCUT2D eigenvalue weighted by Crippen LogP contribution is -2.28. The van der Waals surface area contributed by atoms with E-state index in [4.69, 9.17) is 0 Å². The third kappa shape index (κ3) is 4.14. The minimum atomic E-state index is -0.297. The van der Waals surface area contributed by atoms with E-state index in [-0.39, 0.29) is 23.5 Å². The summed E-state index contributed by atoms with van der Waals surface area (Å²) >= 11 is 0. The van der Waals surface area contributed by atoms with Crippen LogP contribution in [0, 0.1) is 12.7 Å². The van der Waals surface area contributed by atoms with Gasteiger partial charge in [0.15, 0.2) is 5.69 Å². The first kappa shape index (κ1) is 17.8. The number of amides is 1. The van der Waals surface area contributed by atoms with Crippen LogP contribution in [-0.4, -0.2) is 20.9 Å². The van der Waals surface area contributed by atoms with Gasteiger partial charge in [0.2, 0.25) is 0 Å². The molecule has 0 spiro atoms. The number of rotatable bonds is 6. The second-order valence-electron chi connectivity index (χ2n) is 6.21. The van der Waals surface area contributed by atoms with Crippen LogP contribution in [-0.2, 0) is 6.54 Å². The van der Waals surface area contributed by atoms with Gasteiger partial charge in [-0.1, -0.05) is 48.5 Å². The minimum Gasteiger partial charge on any atom is -0.344 e. The van der Waals surface area contributed by atoms with E-state index in [1.165, 1.54) is 12.1 Å². The summed E-state index contributed by atoms with van der Waals surface area (Å²) < 4.78 is 14.7. The van der Waals surface area contributed by atoms with Crippen LogP contribution in [0.3, 0.4) is 0 Å². The zero-order valence-electron chi connectivity index (χ0n) is 14.8. The molecule has 0 aliphatic carbocycles. The smallest absolute Gasteiger partial charge is 0.273 e. The highest BCUT2D eigenvalue weighted by atomic mass is 19.1. The van der Waals surface area contributed by atoms with E-state index in [1.807, 2.05) is 38.1 Å². The normalized spacial score (nSPS) is 12.0. The van der Waals surface area contributed by atoms with Crippen LogP contribution in [0.5, 0.6) is 0 Å². The highest BCUT2D eigenvalue weighted by molar-refractivity contribution is 5.92. The molecule has 0 radical (unpaired) electrons. The Kier molecular flexibility index (Phi) is 5.41. The van der Waals surface area contributed by atoms with Crippen LogP contribution in [0.2, 0.25) is 0 Å². The van der Waals surface area contributed by atoms with Gasteiger partial charge in [-0.05, 0) is 42.2 Å². The predicted molar refractivity (Wildman–Crippen MR) is 97.2 cm³/mol. The first-order valence-electron chi connectivity index (χ1n) is 8.57. The third-order valence-corrected chi connectivity index (χ3v) is 4.35. The zero-order chi connectivity index (χ0) is 18.5. The van der Waals surface area contributed by atoms with Gasteiger partial charge in [0.25, 0.3) is 5.91 Å². The van der Waals surface area contributed by atoms with E-state index in [2.05, 4.69) is 15.6 Å². The SMILES string of the molecule is CCC(NC(=O)c1cn(Cc2ccccc2C)nn1)c1ccc(F)cc1. The summed E-state index contributed by atoms with van der Waals surface area (Å²) in [6, 6.07) is 14.0. The van der Waals surface area contributed by atoms with Crippen LogP contribution >= 0.6 is 0 Å². The van der Waals surface area contributed by atoms with E-state index < -0.39 is 0 Å². The molecular formula is C20H21FN4O. The van der Waals surface area contributed by atoms with Gasteiger partial charge in [-0.25, -0.2) is 9.07 Å². The molecule has 1 amide bonds. The van der Waals surface area contributed by atoms with E-state index in [1.54, 1.807) is 23.0 Å². The Hall–Kier alpha value is -3.02. The van der Waals surface area contributed by atoms with Crippen LogP contribution in [0.15, 0.2) is 54.7 Å². The Morgan fingerprint density at radius 1 is 1.19 bits per heavy atom. The molecule has 2 aromatic carbocycles. The number of nitrogens with one attached hydrogen (secondary N) is 1. The van der Waals surface area contributed by atoms with Crippen molar-refractivity contribution in [2.24, 2.45) is 0 Å². The molecule has 0 saturated carbocycles. The monoisotopic (exact) mass is 352 g/mol. The first-order chi connectivity index (χ1) is 12.6. The van der Waals surface area contributed by atoms with Crippen molar-refractivity contribution < 1.29 is 9.18 Å². The topological polar surface area (TPSA) is 59.8 Å². The number of nitrogens with zero attached hydrogens (tertiary/aromatic N) is 3. The average molecular weight is 352 g/mol. The number of hydrogen-bond donors (Lipinski definition) is 1. The Bertz CT molecular complexity index is 889. The molecule has 0 fully saturated rings. The van der Waals surface area contributed by atoms with Crippen molar-refractivity contribution in [3.63, 3.8) is 0 Å². The number of carbonyl (C=O) groups excluding carboxylic acids is 1. The largest absolute Gasteiger partial charge is 0.344 e. The number of aryl methyl sites for hydroxylation is 1. The maximum atomic E-state index is 13.1. The predicted octanol–water partition coefficient (Wildman–Crippen LogP) is 3.66. The van der Waals surface area contributed by atoms with E-state index in [9.17, 15) is 9.18 Å². The fourth-order valence-corrected chi connectivity index (χ4v) is 2.79. The van der Waals surface area contributed by atoms with E-state index in [0.29, 0.717) is 13.0 Å². The molecule has 134 valence electrons. The molecule has 0 saturated heterocycles. The van der Waals surface area contributed by atoms with Crippen LogP contribution in [0.1, 0.15) is 46.6 Å². The molecule has 6 heteroatoms. The number of halogens is 1.